The van der Waals surface area contributed by atoms with Gasteiger partial charge in [-0.25, -0.2) is 0 Å². The van der Waals surface area contributed by atoms with Crippen LogP contribution >= 0.6 is 0 Å². The molecule has 15 N–H and O–H groups in total. The van der Waals surface area contributed by atoms with E-state index in [9.17, 15) is 62.6 Å². The highest BCUT2D eigenvalue weighted by Crippen LogP contribution is 2.13. The third-order valence-corrected chi connectivity index (χ3v) is 11.1. The Kier molecular flexibility index (Phi) is 31.1. The summed E-state index contributed by atoms with van der Waals surface area (Å²) in [5, 5.41) is 34.5. The Bertz CT molecular complexity index is 1890. The summed E-state index contributed by atoms with van der Waals surface area (Å²) in [5.74, 6) is -10.9. The molecule has 0 saturated heterocycles. The number of primary amides is 1. The lowest BCUT2D eigenvalue weighted by atomic mass is 9.96. The topological polar surface area (TPSA) is 397 Å². The summed E-state index contributed by atoms with van der Waals surface area (Å²) in [6.45, 7) is 19.3. The highest BCUT2D eigenvalue weighted by atomic mass is 16.4. The van der Waals surface area contributed by atoms with E-state index in [2.05, 4.69) is 53.2 Å². The minimum atomic E-state index is -1.71. The van der Waals surface area contributed by atoms with Gasteiger partial charge in [-0.3, -0.25) is 57.5 Å². The second-order valence-corrected chi connectivity index (χ2v) is 20.5. The average molecular weight is 1040 g/mol. The zero-order valence-corrected chi connectivity index (χ0v) is 44.8. The van der Waals surface area contributed by atoms with Crippen LogP contribution in [0.1, 0.15) is 128 Å². The first-order chi connectivity index (χ1) is 33.9. The number of rotatable bonds is 35. The van der Waals surface area contributed by atoms with Crippen molar-refractivity contribution < 1.29 is 62.6 Å². The van der Waals surface area contributed by atoms with E-state index in [1.807, 2.05) is 55.4 Å². The van der Waals surface area contributed by atoms with Crippen LogP contribution in [0.15, 0.2) is 0 Å². The van der Waals surface area contributed by atoms with Crippen LogP contribution in [0.3, 0.4) is 0 Å². The quantitative estimate of drug-likeness (QED) is 0.0324. The molecule has 0 heterocycles. The van der Waals surface area contributed by atoms with E-state index in [1.165, 1.54) is 0 Å². The zero-order chi connectivity index (χ0) is 56.3. The second kappa shape index (κ2) is 34.1. The molecule has 0 aromatic carbocycles. The van der Waals surface area contributed by atoms with Crippen molar-refractivity contribution in [1.82, 2.24) is 53.2 Å². The lowest BCUT2D eigenvalue weighted by Crippen LogP contribution is -2.59. The van der Waals surface area contributed by atoms with Gasteiger partial charge in [-0.2, -0.15) is 0 Å². The monoisotopic (exact) mass is 1040 g/mol. The van der Waals surface area contributed by atoms with Crippen molar-refractivity contribution in [3.05, 3.63) is 0 Å². The maximum atomic E-state index is 13.9. The molecule has 0 aromatic rings. The average Bonchev–Trinajstić information content (AvgIpc) is 3.27. The van der Waals surface area contributed by atoms with Gasteiger partial charge in [0.2, 0.25) is 65.0 Å². The molecule has 0 rings (SSSR count). The first kappa shape index (κ1) is 66.6. The van der Waals surface area contributed by atoms with Crippen LogP contribution in [-0.2, 0) is 57.5 Å². The van der Waals surface area contributed by atoms with Gasteiger partial charge in [0.05, 0.1) is 32.6 Å². The second-order valence-electron chi connectivity index (χ2n) is 20.5. The summed E-state index contributed by atoms with van der Waals surface area (Å²) < 4.78 is 0. The number of nitrogens with two attached hydrogens (primary N) is 2. The Morgan fingerprint density at radius 2 is 0.699 bits per heavy atom. The molecule has 0 aromatic heterocycles. The third-order valence-electron chi connectivity index (χ3n) is 11.1. The van der Waals surface area contributed by atoms with E-state index in [0.717, 1.165) is 0 Å². The zero-order valence-electron chi connectivity index (χ0n) is 44.8. The number of carbonyl (C=O) groups is 12. The predicted octanol–water partition coefficient (Wildman–Crippen LogP) is -2.08. The first-order valence-corrected chi connectivity index (χ1v) is 25.0. The van der Waals surface area contributed by atoms with E-state index < -0.39 is 145 Å². The van der Waals surface area contributed by atoms with Crippen molar-refractivity contribution in [2.75, 3.05) is 26.2 Å². The number of carbonyl (C=O) groups excluding carboxylic acids is 11. The number of hydrogen-bond acceptors (Lipinski definition) is 13. The van der Waals surface area contributed by atoms with E-state index in [1.54, 1.807) is 27.7 Å². The number of carboxylic acid groups (broad SMARTS) is 1. The van der Waals surface area contributed by atoms with Gasteiger partial charge >= 0.3 is 5.97 Å². The largest absolute Gasteiger partial charge is 0.481 e. The van der Waals surface area contributed by atoms with Gasteiger partial charge < -0.3 is 69.7 Å². The fourth-order valence-electron chi connectivity index (χ4n) is 7.26. The van der Waals surface area contributed by atoms with Gasteiger partial charge in [0.25, 0.3) is 0 Å². The molecule has 11 amide bonds. The van der Waals surface area contributed by atoms with Crippen LogP contribution in [0.4, 0.5) is 0 Å². The Balaban J connectivity index is 6.05. The van der Waals surface area contributed by atoms with Gasteiger partial charge in [0, 0.05) is 0 Å². The van der Waals surface area contributed by atoms with Crippen LogP contribution in [-0.4, -0.2) is 145 Å². The van der Waals surface area contributed by atoms with Crippen molar-refractivity contribution in [1.29, 1.82) is 0 Å². The van der Waals surface area contributed by atoms with Crippen molar-refractivity contribution in [2.24, 2.45) is 47.0 Å². The van der Waals surface area contributed by atoms with E-state index >= 15 is 0 Å². The maximum Gasteiger partial charge on any atom is 0.305 e. The molecule has 0 aliphatic heterocycles. The van der Waals surface area contributed by atoms with Crippen LogP contribution < -0.4 is 64.6 Å². The Morgan fingerprint density at radius 1 is 0.397 bits per heavy atom. The highest BCUT2D eigenvalue weighted by Gasteiger charge is 2.35. The van der Waals surface area contributed by atoms with Gasteiger partial charge in [0.15, 0.2) is 0 Å². The number of amides is 11. The Labute approximate surface area is 429 Å². The standard InChI is InChI=1S/C48H86N12O13/c1-13-29(12)41(60-47(72)35(19-40(65)66)57-39(64)23-51-43(68)31(15-25(4)5)55-36(61)20-49)48(73)59-33(17-27(8)9)45(70)53-22-38(63)56-34(18-28(10)11)46(71)58-32(16-26(6)7)44(69)52-21-37(62)54-30(42(50)67)14-24(2)3/h24-35,41H,13-23,49H2,1-12H3,(H2,50,67)(H,51,68)(H,52,69)(H,53,70)(H,54,62)(H,55,61)(H,56,63)(H,57,64)(H,58,71)(H,59,73)(H,60,72)(H,65,66)/t29-,30-,31-,32-,33-,34-,35-,41-/m0/s1. The van der Waals surface area contributed by atoms with Crippen molar-refractivity contribution in [3.63, 3.8) is 0 Å². The molecule has 8 atom stereocenters. The third kappa shape index (κ3) is 28.4. The summed E-state index contributed by atoms with van der Waals surface area (Å²) in [7, 11) is 0. The summed E-state index contributed by atoms with van der Waals surface area (Å²) in [4.78, 5) is 155. The van der Waals surface area contributed by atoms with Gasteiger partial charge in [-0.15, -0.1) is 0 Å². The van der Waals surface area contributed by atoms with Gasteiger partial charge in [-0.1, -0.05) is 89.5 Å². The minimum Gasteiger partial charge on any atom is -0.481 e. The van der Waals surface area contributed by atoms with Crippen LogP contribution in [0.2, 0.25) is 0 Å². The van der Waals surface area contributed by atoms with E-state index in [-0.39, 0.29) is 61.8 Å². The normalized spacial score (nSPS) is 14.5. The number of carboxylic acids is 1. The van der Waals surface area contributed by atoms with Crippen LogP contribution in [0.5, 0.6) is 0 Å². The highest BCUT2D eigenvalue weighted by molar-refractivity contribution is 5.98. The molecule has 0 unspecified atom stereocenters. The number of aliphatic carboxylic acids is 1. The molecular formula is C48H86N12O13. The van der Waals surface area contributed by atoms with Gasteiger partial charge in [0.1, 0.15) is 42.3 Å². The Morgan fingerprint density at radius 3 is 1.04 bits per heavy atom. The van der Waals surface area contributed by atoms with E-state index in [0.29, 0.717) is 12.8 Å². The summed E-state index contributed by atoms with van der Waals surface area (Å²) in [5.41, 5.74) is 10.8. The van der Waals surface area contributed by atoms with Crippen LogP contribution in [0, 0.1) is 35.5 Å². The molecule has 0 spiro atoms. The molecule has 73 heavy (non-hydrogen) atoms. The van der Waals surface area contributed by atoms with Crippen molar-refractivity contribution >= 4 is 70.9 Å². The minimum absolute atomic E-state index is 0.0327. The Hall–Kier alpha value is -6.40. The summed E-state index contributed by atoms with van der Waals surface area (Å²) >= 11 is 0. The molecule has 0 bridgehead atoms. The predicted molar refractivity (Wildman–Crippen MR) is 270 cm³/mol. The van der Waals surface area contributed by atoms with Gasteiger partial charge in [-0.05, 0) is 67.6 Å². The fraction of sp³-hybridized carbons (Fsp3) is 0.750. The first-order valence-electron chi connectivity index (χ1n) is 25.0. The molecule has 0 fully saturated rings. The smallest absolute Gasteiger partial charge is 0.305 e. The molecule has 25 heteroatoms. The SMILES string of the molecule is CC[C@H](C)[C@H](NC(=O)[C@H](CC(=O)O)NC(=O)CNC(=O)[C@H](CC(C)C)NC(=O)CN)C(=O)N[C@@H](CC(C)C)C(=O)NCC(=O)N[C@@H](CC(C)C)C(=O)N[C@@H](CC(C)C)C(=O)NCC(=O)N[C@@H](CC(C)C)C(N)=O. The molecule has 0 aliphatic rings. The molecule has 0 aliphatic carbocycles. The molecule has 416 valence electrons. The van der Waals surface area contributed by atoms with E-state index in [4.69, 9.17) is 11.5 Å². The lowest BCUT2D eigenvalue weighted by Gasteiger charge is -2.28. The summed E-state index contributed by atoms with van der Waals surface area (Å²) in [6.07, 6.45) is 0.293. The summed E-state index contributed by atoms with van der Waals surface area (Å²) in [6, 6.07) is -8.56. The molecular weight excluding hydrogens is 953 g/mol. The molecule has 25 nitrogen and oxygen atoms in total. The number of hydrogen-bond donors (Lipinski definition) is 13. The number of nitrogens with one attached hydrogen (secondary N) is 10. The molecule has 0 saturated carbocycles. The fourth-order valence-corrected chi connectivity index (χ4v) is 7.26. The van der Waals surface area contributed by atoms with Crippen molar-refractivity contribution in [2.45, 2.75) is 170 Å². The van der Waals surface area contributed by atoms with Crippen LogP contribution in [0.25, 0.3) is 0 Å². The molecule has 0 radical (unpaired) electrons. The maximum absolute atomic E-state index is 13.9. The van der Waals surface area contributed by atoms with Crippen molar-refractivity contribution in [3.8, 4) is 0 Å². The lowest BCUT2D eigenvalue weighted by molar-refractivity contribution is -0.141.